The maximum atomic E-state index is 11.7. The fourth-order valence-corrected chi connectivity index (χ4v) is 1.53. The standard InChI is InChI=1S/C13H16N4O3/c1-16(13(18)20-9-8-19-2)17-10-12(14-15-17)11-6-4-3-5-7-11/h3-7,10H,8-9H2,1-2H3. The van der Waals surface area contributed by atoms with Crippen LogP contribution in [0.2, 0.25) is 0 Å². The van der Waals surface area contributed by atoms with E-state index in [2.05, 4.69) is 10.3 Å². The van der Waals surface area contributed by atoms with Gasteiger partial charge >= 0.3 is 6.09 Å². The summed E-state index contributed by atoms with van der Waals surface area (Å²) in [6, 6.07) is 9.60. The number of carbonyl (C=O) groups is 1. The van der Waals surface area contributed by atoms with Crippen LogP contribution in [0, 0.1) is 0 Å². The van der Waals surface area contributed by atoms with E-state index in [0.717, 1.165) is 5.56 Å². The highest BCUT2D eigenvalue weighted by molar-refractivity contribution is 5.77. The Morgan fingerprint density at radius 2 is 2.05 bits per heavy atom. The van der Waals surface area contributed by atoms with Gasteiger partial charge in [-0.05, 0) is 5.21 Å². The molecule has 1 aromatic heterocycles. The summed E-state index contributed by atoms with van der Waals surface area (Å²) in [4.78, 5) is 13.1. The van der Waals surface area contributed by atoms with E-state index in [-0.39, 0.29) is 6.61 Å². The third kappa shape index (κ3) is 3.33. The first-order valence-electron chi connectivity index (χ1n) is 6.10. The van der Waals surface area contributed by atoms with E-state index in [9.17, 15) is 4.79 Å². The number of hydrogen-bond acceptors (Lipinski definition) is 5. The van der Waals surface area contributed by atoms with Crippen molar-refractivity contribution in [3.05, 3.63) is 36.5 Å². The van der Waals surface area contributed by atoms with Crippen LogP contribution in [0.3, 0.4) is 0 Å². The van der Waals surface area contributed by atoms with Gasteiger partial charge in [-0.15, -0.1) is 5.10 Å². The first-order valence-corrected chi connectivity index (χ1v) is 6.10. The van der Waals surface area contributed by atoms with Crippen LogP contribution in [0.25, 0.3) is 11.3 Å². The van der Waals surface area contributed by atoms with Crippen LogP contribution in [0.4, 0.5) is 4.79 Å². The summed E-state index contributed by atoms with van der Waals surface area (Å²) in [6.45, 7) is 0.548. The van der Waals surface area contributed by atoms with Crippen molar-refractivity contribution in [1.29, 1.82) is 0 Å². The summed E-state index contributed by atoms with van der Waals surface area (Å²) < 4.78 is 9.80. The monoisotopic (exact) mass is 276 g/mol. The highest BCUT2D eigenvalue weighted by Gasteiger charge is 2.14. The van der Waals surface area contributed by atoms with Crippen LogP contribution in [0.15, 0.2) is 36.5 Å². The number of amides is 1. The van der Waals surface area contributed by atoms with E-state index < -0.39 is 6.09 Å². The van der Waals surface area contributed by atoms with Gasteiger partial charge in [0.15, 0.2) is 0 Å². The Morgan fingerprint density at radius 1 is 1.30 bits per heavy atom. The lowest BCUT2D eigenvalue weighted by Gasteiger charge is -2.15. The van der Waals surface area contributed by atoms with Crippen LogP contribution in [0.1, 0.15) is 0 Å². The average molecular weight is 276 g/mol. The molecule has 7 heteroatoms. The van der Waals surface area contributed by atoms with Gasteiger partial charge in [-0.2, -0.15) is 4.79 Å². The van der Waals surface area contributed by atoms with Crippen molar-refractivity contribution in [2.24, 2.45) is 0 Å². The molecular formula is C13H16N4O3. The summed E-state index contributed by atoms with van der Waals surface area (Å²) in [5.41, 5.74) is 1.61. The zero-order valence-electron chi connectivity index (χ0n) is 11.4. The summed E-state index contributed by atoms with van der Waals surface area (Å²) in [5, 5.41) is 9.16. The van der Waals surface area contributed by atoms with Gasteiger partial charge in [-0.1, -0.05) is 30.3 Å². The minimum Gasteiger partial charge on any atom is -0.446 e. The van der Waals surface area contributed by atoms with E-state index in [1.54, 1.807) is 20.4 Å². The zero-order chi connectivity index (χ0) is 14.4. The molecule has 0 aliphatic rings. The predicted molar refractivity (Wildman–Crippen MR) is 72.8 cm³/mol. The van der Waals surface area contributed by atoms with E-state index in [4.69, 9.17) is 9.47 Å². The number of nitrogens with zero attached hydrogens (tertiary/aromatic N) is 4. The van der Waals surface area contributed by atoms with Gasteiger partial charge in [0.2, 0.25) is 0 Å². The molecule has 0 spiro atoms. The summed E-state index contributed by atoms with van der Waals surface area (Å²) >= 11 is 0. The SMILES string of the molecule is COCCOC(=O)N(C)n1cc(-c2ccccc2)nn1. The van der Waals surface area contributed by atoms with E-state index in [1.807, 2.05) is 30.3 Å². The van der Waals surface area contributed by atoms with Crippen molar-refractivity contribution in [3.8, 4) is 11.3 Å². The van der Waals surface area contributed by atoms with E-state index >= 15 is 0 Å². The maximum absolute atomic E-state index is 11.7. The lowest BCUT2D eigenvalue weighted by Crippen LogP contribution is -2.38. The van der Waals surface area contributed by atoms with Gasteiger partial charge in [-0.3, -0.25) is 0 Å². The third-order valence-electron chi connectivity index (χ3n) is 2.64. The lowest BCUT2D eigenvalue weighted by molar-refractivity contribution is 0.0997. The predicted octanol–water partition coefficient (Wildman–Crippen LogP) is 1.30. The number of methoxy groups -OCH3 is 1. The Morgan fingerprint density at radius 3 is 2.75 bits per heavy atom. The van der Waals surface area contributed by atoms with Crippen LogP contribution >= 0.6 is 0 Å². The van der Waals surface area contributed by atoms with Gasteiger partial charge in [0, 0.05) is 19.7 Å². The molecule has 0 bridgehead atoms. The fraction of sp³-hybridized carbons (Fsp3) is 0.308. The first-order chi connectivity index (χ1) is 9.72. The van der Waals surface area contributed by atoms with Gasteiger partial charge in [0.05, 0.1) is 12.8 Å². The molecule has 1 amide bonds. The smallest absolute Gasteiger partial charge is 0.430 e. The summed E-state index contributed by atoms with van der Waals surface area (Å²) in [7, 11) is 3.10. The molecule has 0 saturated heterocycles. The second-order valence-corrected chi connectivity index (χ2v) is 4.02. The van der Waals surface area contributed by atoms with Crippen molar-refractivity contribution >= 4 is 6.09 Å². The first kappa shape index (κ1) is 14.0. The molecule has 0 fully saturated rings. The Bertz CT molecular complexity index is 556. The molecule has 0 aliphatic heterocycles. The minimum absolute atomic E-state index is 0.194. The lowest BCUT2D eigenvalue weighted by atomic mass is 10.2. The van der Waals surface area contributed by atoms with Crippen LogP contribution < -0.4 is 5.01 Å². The highest BCUT2D eigenvalue weighted by atomic mass is 16.6. The normalized spacial score (nSPS) is 10.3. The van der Waals surface area contributed by atoms with Crippen molar-refractivity contribution in [1.82, 2.24) is 15.1 Å². The zero-order valence-corrected chi connectivity index (χ0v) is 11.4. The number of benzene rings is 1. The van der Waals surface area contributed by atoms with Crippen LogP contribution in [-0.2, 0) is 9.47 Å². The molecule has 1 aromatic carbocycles. The third-order valence-corrected chi connectivity index (χ3v) is 2.64. The number of carbonyl (C=O) groups excluding carboxylic acids is 1. The molecule has 2 aromatic rings. The molecule has 0 unspecified atom stereocenters. The van der Waals surface area contributed by atoms with Crippen LogP contribution in [-0.4, -0.2) is 48.6 Å². The molecule has 0 atom stereocenters. The molecule has 106 valence electrons. The quantitative estimate of drug-likeness (QED) is 0.770. The Kier molecular flexibility index (Phi) is 4.67. The van der Waals surface area contributed by atoms with Gasteiger partial charge < -0.3 is 9.47 Å². The largest absolute Gasteiger partial charge is 0.446 e. The van der Waals surface area contributed by atoms with Crippen molar-refractivity contribution in [2.45, 2.75) is 0 Å². The molecule has 0 radical (unpaired) electrons. The Balaban J connectivity index is 2.03. The highest BCUT2D eigenvalue weighted by Crippen LogP contribution is 2.14. The van der Waals surface area contributed by atoms with E-state index in [1.165, 1.54) is 9.80 Å². The molecule has 0 N–H and O–H groups in total. The molecule has 7 nitrogen and oxygen atoms in total. The summed E-state index contributed by atoms with van der Waals surface area (Å²) in [5.74, 6) is 0. The number of hydrogen-bond donors (Lipinski definition) is 0. The molecular weight excluding hydrogens is 260 g/mol. The molecule has 0 saturated carbocycles. The number of ether oxygens (including phenoxy) is 2. The van der Waals surface area contributed by atoms with Crippen molar-refractivity contribution in [2.75, 3.05) is 32.4 Å². The minimum atomic E-state index is -0.522. The average Bonchev–Trinajstić information content (AvgIpc) is 2.97. The Hall–Kier alpha value is -2.41. The molecule has 1 heterocycles. The molecule has 2 rings (SSSR count). The van der Waals surface area contributed by atoms with E-state index in [0.29, 0.717) is 12.3 Å². The molecule has 20 heavy (non-hydrogen) atoms. The van der Waals surface area contributed by atoms with Crippen molar-refractivity contribution in [3.63, 3.8) is 0 Å². The summed E-state index contributed by atoms with van der Waals surface area (Å²) in [6.07, 6.45) is 1.14. The fourth-order valence-electron chi connectivity index (χ4n) is 1.53. The van der Waals surface area contributed by atoms with Crippen LogP contribution in [0.5, 0.6) is 0 Å². The molecule has 0 aliphatic carbocycles. The van der Waals surface area contributed by atoms with Gasteiger partial charge in [0.1, 0.15) is 12.3 Å². The topological polar surface area (TPSA) is 69.5 Å². The van der Waals surface area contributed by atoms with Gasteiger partial charge in [0.25, 0.3) is 0 Å². The second kappa shape index (κ2) is 6.67. The Labute approximate surface area is 116 Å². The van der Waals surface area contributed by atoms with Crippen molar-refractivity contribution < 1.29 is 14.3 Å². The second-order valence-electron chi connectivity index (χ2n) is 4.02. The van der Waals surface area contributed by atoms with Gasteiger partial charge in [-0.25, -0.2) is 9.80 Å². The number of rotatable bonds is 5. The maximum Gasteiger partial charge on any atom is 0.430 e. The number of aromatic nitrogens is 3.